The summed E-state index contributed by atoms with van der Waals surface area (Å²) in [6.45, 7) is 0. The van der Waals surface area contributed by atoms with Gasteiger partial charge in [0.1, 0.15) is 5.52 Å². The maximum absolute atomic E-state index is 12.2. The van der Waals surface area contributed by atoms with Gasteiger partial charge in [-0.1, -0.05) is 40.6 Å². The molecule has 1 aromatic heterocycles. The van der Waals surface area contributed by atoms with Crippen molar-refractivity contribution in [1.29, 1.82) is 0 Å². The monoisotopic (exact) mass is 415 g/mol. The van der Waals surface area contributed by atoms with Crippen molar-refractivity contribution in [2.75, 3.05) is 11.7 Å². The molecule has 3 rings (SSSR count). The first-order valence-electron chi connectivity index (χ1n) is 6.87. The molecule has 0 aliphatic carbocycles. The molecular weight excluding hydrogens is 405 g/mol. The lowest BCUT2D eigenvalue weighted by atomic mass is 10.2. The summed E-state index contributed by atoms with van der Waals surface area (Å²) in [7, 11) is -3.39. The molecule has 0 aliphatic heterocycles. The van der Waals surface area contributed by atoms with Gasteiger partial charge in [-0.05, 0) is 30.3 Å². The predicted molar refractivity (Wildman–Crippen MR) is 100 cm³/mol. The van der Waals surface area contributed by atoms with Gasteiger partial charge in [-0.15, -0.1) is 0 Å². The summed E-state index contributed by atoms with van der Waals surface area (Å²) in [6, 6.07) is 9.21. The smallest absolute Gasteiger partial charge is 0.269 e. The largest absolute Gasteiger partial charge is 0.273 e. The van der Waals surface area contributed by atoms with E-state index in [2.05, 4.69) is 15.8 Å². The molecule has 25 heavy (non-hydrogen) atoms. The minimum Gasteiger partial charge on any atom is -0.273 e. The van der Waals surface area contributed by atoms with E-state index in [0.29, 0.717) is 20.7 Å². The van der Waals surface area contributed by atoms with Crippen LogP contribution < -0.4 is 10.9 Å². The summed E-state index contributed by atoms with van der Waals surface area (Å²) in [6.07, 6.45) is 1.08. The van der Waals surface area contributed by atoms with Gasteiger partial charge in [0.25, 0.3) is 5.91 Å². The van der Waals surface area contributed by atoms with E-state index in [1.54, 1.807) is 12.1 Å². The third-order valence-electron chi connectivity index (χ3n) is 3.26. The number of nitrogens with one attached hydrogen (secondary N) is 2. The highest BCUT2D eigenvalue weighted by atomic mass is 35.5. The first-order chi connectivity index (χ1) is 11.8. The van der Waals surface area contributed by atoms with Crippen LogP contribution in [0.4, 0.5) is 5.13 Å². The molecule has 0 atom stereocenters. The van der Waals surface area contributed by atoms with Crippen LogP contribution in [0.15, 0.2) is 41.3 Å². The molecule has 0 aliphatic rings. The summed E-state index contributed by atoms with van der Waals surface area (Å²) in [4.78, 5) is 16.5. The number of nitrogens with zero attached hydrogens (tertiary/aromatic N) is 1. The Morgan fingerprint density at radius 2 is 1.96 bits per heavy atom. The number of hydrogen-bond donors (Lipinski definition) is 2. The standard InChI is InChI=1S/C15H11Cl2N3O3S2/c1-25(22,23)9-4-2-3-8(7-9)14(21)19-20-15-18-13-11(24-15)6-5-10(16)12(13)17/h2-7H,1H3,(H,18,20)(H,19,21). The van der Waals surface area contributed by atoms with Crippen molar-refractivity contribution in [2.45, 2.75) is 4.90 Å². The lowest BCUT2D eigenvalue weighted by Crippen LogP contribution is -2.29. The Hall–Kier alpha value is -1.87. The molecular formula is C15H11Cl2N3O3S2. The molecule has 0 fully saturated rings. The molecule has 0 saturated heterocycles. The van der Waals surface area contributed by atoms with Gasteiger partial charge in [0.15, 0.2) is 9.84 Å². The third kappa shape index (κ3) is 3.87. The molecule has 10 heteroatoms. The number of benzene rings is 2. The average Bonchev–Trinajstić information content (AvgIpc) is 2.99. The first-order valence-corrected chi connectivity index (χ1v) is 10.3. The number of carbonyl (C=O) groups excluding carboxylic acids is 1. The number of halogens is 2. The molecule has 3 aromatic rings. The average molecular weight is 416 g/mol. The first kappa shape index (κ1) is 17.9. The van der Waals surface area contributed by atoms with Crippen molar-refractivity contribution < 1.29 is 13.2 Å². The number of amides is 1. The quantitative estimate of drug-likeness (QED) is 0.633. The number of hydrazine groups is 1. The molecule has 0 saturated carbocycles. The fourth-order valence-corrected chi connectivity index (χ4v) is 3.95. The van der Waals surface area contributed by atoms with Crippen LogP contribution >= 0.6 is 34.5 Å². The van der Waals surface area contributed by atoms with Crippen molar-refractivity contribution in [3.05, 3.63) is 52.0 Å². The number of hydrogen-bond acceptors (Lipinski definition) is 6. The van der Waals surface area contributed by atoms with E-state index in [1.807, 2.05) is 0 Å². The Balaban J connectivity index is 1.78. The highest BCUT2D eigenvalue weighted by Crippen LogP contribution is 2.34. The third-order valence-corrected chi connectivity index (χ3v) is 6.10. The van der Waals surface area contributed by atoms with E-state index in [4.69, 9.17) is 23.2 Å². The van der Waals surface area contributed by atoms with Crippen LogP contribution in [0.25, 0.3) is 10.2 Å². The fourth-order valence-electron chi connectivity index (χ4n) is 2.04. The van der Waals surface area contributed by atoms with E-state index in [0.717, 1.165) is 11.0 Å². The Kier molecular flexibility index (Phi) is 4.88. The van der Waals surface area contributed by atoms with Gasteiger partial charge in [0.05, 0.1) is 19.6 Å². The Morgan fingerprint density at radius 1 is 1.20 bits per heavy atom. The van der Waals surface area contributed by atoms with Crippen LogP contribution in [0.5, 0.6) is 0 Å². The number of sulfone groups is 1. The van der Waals surface area contributed by atoms with E-state index in [1.165, 1.54) is 35.6 Å². The summed E-state index contributed by atoms with van der Waals surface area (Å²) in [5.41, 5.74) is 5.91. The summed E-state index contributed by atoms with van der Waals surface area (Å²) >= 11 is 13.3. The van der Waals surface area contributed by atoms with Gasteiger partial charge in [-0.2, -0.15) is 0 Å². The summed E-state index contributed by atoms with van der Waals surface area (Å²) in [5, 5.41) is 1.16. The number of rotatable bonds is 4. The van der Waals surface area contributed by atoms with Gasteiger partial charge in [-0.3, -0.25) is 15.6 Å². The van der Waals surface area contributed by atoms with Crippen LogP contribution in [0.2, 0.25) is 10.0 Å². The number of aromatic nitrogens is 1. The summed E-state index contributed by atoms with van der Waals surface area (Å²) in [5.74, 6) is -0.492. The molecule has 6 nitrogen and oxygen atoms in total. The molecule has 2 aromatic carbocycles. The van der Waals surface area contributed by atoms with E-state index < -0.39 is 15.7 Å². The highest BCUT2D eigenvalue weighted by molar-refractivity contribution is 7.90. The molecule has 1 amide bonds. The molecule has 130 valence electrons. The second-order valence-electron chi connectivity index (χ2n) is 5.11. The van der Waals surface area contributed by atoms with E-state index in [-0.39, 0.29) is 10.5 Å². The van der Waals surface area contributed by atoms with Crippen LogP contribution in [-0.4, -0.2) is 25.6 Å². The van der Waals surface area contributed by atoms with E-state index in [9.17, 15) is 13.2 Å². The van der Waals surface area contributed by atoms with Crippen LogP contribution in [0, 0.1) is 0 Å². The van der Waals surface area contributed by atoms with Gasteiger partial charge < -0.3 is 0 Å². The van der Waals surface area contributed by atoms with Crippen LogP contribution in [-0.2, 0) is 9.84 Å². The zero-order valence-corrected chi connectivity index (χ0v) is 15.9. The van der Waals surface area contributed by atoms with Gasteiger partial charge in [-0.25, -0.2) is 13.4 Å². The second-order valence-corrected chi connectivity index (χ2v) is 8.94. The lowest BCUT2D eigenvalue weighted by Gasteiger charge is -2.06. The number of anilines is 1. The topological polar surface area (TPSA) is 88.2 Å². The molecule has 2 N–H and O–H groups in total. The van der Waals surface area contributed by atoms with Crippen molar-refractivity contribution in [2.24, 2.45) is 0 Å². The molecule has 0 spiro atoms. The van der Waals surface area contributed by atoms with Crippen molar-refractivity contribution in [1.82, 2.24) is 10.4 Å². The highest BCUT2D eigenvalue weighted by Gasteiger charge is 2.13. The molecule has 0 unspecified atom stereocenters. The SMILES string of the molecule is CS(=O)(=O)c1cccc(C(=O)NNc2nc3c(Cl)c(Cl)ccc3s2)c1. The van der Waals surface area contributed by atoms with E-state index >= 15 is 0 Å². The van der Waals surface area contributed by atoms with Crippen molar-refractivity contribution >= 4 is 65.6 Å². The zero-order valence-electron chi connectivity index (χ0n) is 12.7. The minimum atomic E-state index is -3.39. The summed E-state index contributed by atoms with van der Waals surface area (Å²) < 4.78 is 23.9. The Bertz CT molecular complexity index is 1080. The van der Waals surface area contributed by atoms with Gasteiger partial charge >= 0.3 is 0 Å². The molecule has 1 heterocycles. The van der Waals surface area contributed by atoms with Gasteiger partial charge in [0, 0.05) is 11.8 Å². The zero-order chi connectivity index (χ0) is 18.2. The maximum Gasteiger partial charge on any atom is 0.269 e. The second kappa shape index (κ2) is 6.80. The van der Waals surface area contributed by atoms with Crippen molar-refractivity contribution in [3.8, 4) is 0 Å². The fraction of sp³-hybridized carbons (Fsp3) is 0.0667. The molecule has 0 bridgehead atoms. The lowest BCUT2D eigenvalue weighted by molar-refractivity contribution is 0.0962. The Labute approximate surface area is 157 Å². The Morgan fingerprint density at radius 3 is 2.68 bits per heavy atom. The van der Waals surface area contributed by atoms with Crippen LogP contribution in [0.1, 0.15) is 10.4 Å². The predicted octanol–water partition coefficient (Wildman–Crippen LogP) is 3.76. The number of fused-ring (bicyclic) bond motifs is 1. The van der Waals surface area contributed by atoms with Gasteiger partial charge in [0.2, 0.25) is 5.13 Å². The maximum atomic E-state index is 12.2. The van der Waals surface area contributed by atoms with Crippen LogP contribution in [0.3, 0.4) is 0 Å². The van der Waals surface area contributed by atoms with Crippen molar-refractivity contribution in [3.63, 3.8) is 0 Å². The normalized spacial score (nSPS) is 11.5. The number of carbonyl (C=O) groups is 1. The number of thiazole rings is 1. The molecule has 0 radical (unpaired) electrons. The minimum absolute atomic E-state index is 0.0709.